The lowest BCUT2D eigenvalue weighted by atomic mass is 9.87. The quantitative estimate of drug-likeness (QED) is 0.484. The summed E-state index contributed by atoms with van der Waals surface area (Å²) in [6.07, 6.45) is 0.444. The highest BCUT2D eigenvalue weighted by atomic mass is 16.5. The zero-order chi connectivity index (χ0) is 11.5. The van der Waals surface area contributed by atoms with Gasteiger partial charge in [-0.15, -0.1) is 0 Å². The Kier molecular flexibility index (Phi) is 3.56. The van der Waals surface area contributed by atoms with E-state index in [-0.39, 0.29) is 11.8 Å². The zero-order valence-corrected chi connectivity index (χ0v) is 9.48. The summed E-state index contributed by atoms with van der Waals surface area (Å²) in [7, 11) is 0. The molecule has 0 N–H and O–H groups in total. The molecule has 5 heteroatoms. The molecule has 90 valence electrons. The van der Waals surface area contributed by atoms with Crippen molar-refractivity contribution >= 4 is 11.8 Å². The highest BCUT2D eigenvalue weighted by molar-refractivity contribution is 6.00. The second-order valence-electron chi connectivity index (χ2n) is 4.12. The molecule has 0 saturated carbocycles. The minimum absolute atomic E-state index is 0.00907. The molecular formula is C11H17NO4. The van der Waals surface area contributed by atoms with Crippen LogP contribution in [0, 0.1) is 5.92 Å². The van der Waals surface area contributed by atoms with Crippen LogP contribution in [-0.2, 0) is 19.1 Å². The van der Waals surface area contributed by atoms with Crippen molar-refractivity contribution in [3.05, 3.63) is 0 Å². The number of ether oxygens (including phenoxy) is 2. The fourth-order valence-electron chi connectivity index (χ4n) is 2.39. The van der Waals surface area contributed by atoms with Gasteiger partial charge in [0.2, 0.25) is 0 Å². The first-order chi connectivity index (χ1) is 7.74. The van der Waals surface area contributed by atoms with Crippen LogP contribution in [0.5, 0.6) is 0 Å². The van der Waals surface area contributed by atoms with Gasteiger partial charge in [0.15, 0.2) is 0 Å². The molecular weight excluding hydrogens is 210 g/mol. The average molecular weight is 227 g/mol. The fraction of sp³-hybridized carbons (Fsp3) is 0.818. The largest absolute Gasteiger partial charge is 0.465 e. The van der Waals surface area contributed by atoms with E-state index < -0.39 is 11.9 Å². The summed E-state index contributed by atoms with van der Waals surface area (Å²) in [5.74, 6) is -1.05. The molecule has 0 radical (unpaired) electrons. The Bertz CT molecular complexity index is 292. The Hall–Kier alpha value is -0.940. The Labute approximate surface area is 94.7 Å². The van der Waals surface area contributed by atoms with E-state index in [1.807, 2.05) is 0 Å². The number of carbonyl (C=O) groups is 2. The number of rotatable bonds is 2. The first kappa shape index (κ1) is 11.5. The summed E-state index contributed by atoms with van der Waals surface area (Å²) in [4.78, 5) is 25.7. The van der Waals surface area contributed by atoms with E-state index >= 15 is 0 Å². The summed E-state index contributed by atoms with van der Waals surface area (Å²) in [6.45, 7) is 4.74. The van der Waals surface area contributed by atoms with E-state index in [4.69, 9.17) is 9.47 Å². The van der Waals surface area contributed by atoms with E-state index in [2.05, 4.69) is 4.90 Å². The SMILES string of the molecule is CCOC(=O)C1C(=O)CCN2CCOCC12. The molecule has 2 rings (SSSR count). The van der Waals surface area contributed by atoms with Gasteiger partial charge in [-0.25, -0.2) is 0 Å². The van der Waals surface area contributed by atoms with Crippen LogP contribution in [0.25, 0.3) is 0 Å². The Balaban J connectivity index is 2.11. The molecule has 2 fully saturated rings. The van der Waals surface area contributed by atoms with E-state index in [0.29, 0.717) is 26.2 Å². The molecule has 2 aliphatic rings. The van der Waals surface area contributed by atoms with Crippen molar-refractivity contribution in [1.82, 2.24) is 4.90 Å². The summed E-state index contributed by atoms with van der Waals surface area (Å²) < 4.78 is 10.3. The number of esters is 1. The second kappa shape index (κ2) is 4.93. The Morgan fingerprint density at radius 2 is 2.38 bits per heavy atom. The number of nitrogens with zero attached hydrogens (tertiary/aromatic N) is 1. The van der Waals surface area contributed by atoms with Gasteiger partial charge >= 0.3 is 5.97 Å². The van der Waals surface area contributed by atoms with E-state index in [0.717, 1.165) is 13.1 Å². The van der Waals surface area contributed by atoms with Gasteiger partial charge in [-0.1, -0.05) is 0 Å². The van der Waals surface area contributed by atoms with Crippen molar-refractivity contribution < 1.29 is 19.1 Å². The van der Waals surface area contributed by atoms with Gasteiger partial charge in [0.05, 0.1) is 25.9 Å². The monoisotopic (exact) mass is 227 g/mol. The molecule has 2 unspecified atom stereocenters. The standard InChI is InChI=1S/C11H17NO4/c1-2-16-11(14)10-8-7-15-6-5-12(8)4-3-9(10)13/h8,10H,2-7H2,1H3. The summed E-state index contributed by atoms with van der Waals surface area (Å²) in [6, 6.07) is -0.117. The highest BCUT2D eigenvalue weighted by Gasteiger charge is 2.43. The van der Waals surface area contributed by atoms with Gasteiger partial charge < -0.3 is 9.47 Å². The molecule has 0 aliphatic carbocycles. The molecule has 2 atom stereocenters. The third kappa shape index (κ3) is 2.10. The molecule has 0 bridgehead atoms. The molecule has 0 aromatic rings. The molecule has 0 aromatic heterocycles. The van der Waals surface area contributed by atoms with Gasteiger partial charge in [-0.3, -0.25) is 14.5 Å². The van der Waals surface area contributed by atoms with Crippen LogP contribution in [0.15, 0.2) is 0 Å². The minimum atomic E-state index is -0.644. The number of Topliss-reactive ketones (excluding diaryl/α,β-unsaturated/α-hetero) is 1. The lowest BCUT2D eigenvalue weighted by Crippen LogP contribution is -2.58. The zero-order valence-electron chi connectivity index (χ0n) is 9.48. The van der Waals surface area contributed by atoms with Crippen LogP contribution in [0.4, 0.5) is 0 Å². The Morgan fingerprint density at radius 3 is 3.12 bits per heavy atom. The highest BCUT2D eigenvalue weighted by Crippen LogP contribution is 2.24. The molecule has 2 saturated heterocycles. The van der Waals surface area contributed by atoms with Crippen LogP contribution in [0.1, 0.15) is 13.3 Å². The predicted molar refractivity (Wildman–Crippen MR) is 55.9 cm³/mol. The number of fused-ring (bicyclic) bond motifs is 1. The topological polar surface area (TPSA) is 55.8 Å². The fourth-order valence-corrected chi connectivity index (χ4v) is 2.39. The molecule has 2 heterocycles. The maximum absolute atomic E-state index is 11.8. The van der Waals surface area contributed by atoms with Crippen LogP contribution in [0.2, 0.25) is 0 Å². The minimum Gasteiger partial charge on any atom is -0.465 e. The lowest BCUT2D eigenvalue weighted by molar-refractivity contribution is -0.161. The summed E-state index contributed by atoms with van der Waals surface area (Å²) in [5, 5.41) is 0. The van der Waals surface area contributed by atoms with Crippen molar-refractivity contribution in [3.8, 4) is 0 Å². The normalized spacial score (nSPS) is 30.9. The third-order valence-electron chi connectivity index (χ3n) is 3.20. The molecule has 16 heavy (non-hydrogen) atoms. The van der Waals surface area contributed by atoms with Crippen LogP contribution >= 0.6 is 0 Å². The Morgan fingerprint density at radius 1 is 1.56 bits per heavy atom. The number of hydrogen-bond acceptors (Lipinski definition) is 5. The summed E-state index contributed by atoms with van der Waals surface area (Å²) in [5.41, 5.74) is 0. The average Bonchev–Trinajstić information content (AvgIpc) is 2.29. The second-order valence-corrected chi connectivity index (χ2v) is 4.12. The number of morpholine rings is 1. The van der Waals surface area contributed by atoms with Gasteiger partial charge in [0.25, 0.3) is 0 Å². The molecule has 5 nitrogen and oxygen atoms in total. The molecule has 0 aromatic carbocycles. The van der Waals surface area contributed by atoms with Crippen LogP contribution in [0.3, 0.4) is 0 Å². The van der Waals surface area contributed by atoms with Crippen molar-refractivity contribution in [2.24, 2.45) is 5.92 Å². The maximum Gasteiger partial charge on any atom is 0.318 e. The number of ketones is 1. The number of hydrogen-bond donors (Lipinski definition) is 0. The number of carbonyl (C=O) groups excluding carboxylic acids is 2. The van der Waals surface area contributed by atoms with Gasteiger partial charge in [-0.2, -0.15) is 0 Å². The predicted octanol–water partition coefficient (Wildman–Crippen LogP) is -0.161. The van der Waals surface area contributed by atoms with Crippen molar-refractivity contribution in [2.45, 2.75) is 19.4 Å². The van der Waals surface area contributed by atoms with E-state index in [1.165, 1.54) is 0 Å². The molecule has 0 spiro atoms. The van der Waals surface area contributed by atoms with Crippen molar-refractivity contribution in [2.75, 3.05) is 32.9 Å². The number of piperidine rings is 1. The van der Waals surface area contributed by atoms with Gasteiger partial charge in [-0.05, 0) is 6.92 Å². The van der Waals surface area contributed by atoms with E-state index in [9.17, 15) is 9.59 Å². The van der Waals surface area contributed by atoms with Crippen LogP contribution < -0.4 is 0 Å². The lowest BCUT2D eigenvalue weighted by Gasteiger charge is -2.41. The van der Waals surface area contributed by atoms with Crippen molar-refractivity contribution in [1.29, 1.82) is 0 Å². The smallest absolute Gasteiger partial charge is 0.318 e. The molecule has 0 amide bonds. The molecule has 2 aliphatic heterocycles. The summed E-state index contributed by atoms with van der Waals surface area (Å²) >= 11 is 0. The first-order valence-electron chi connectivity index (χ1n) is 5.75. The van der Waals surface area contributed by atoms with Gasteiger partial charge in [0, 0.05) is 19.5 Å². The van der Waals surface area contributed by atoms with Crippen molar-refractivity contribution in [3.63, 3.8) is 0 Å². The first-order valence-corrected chi connectivity index (χ1v) is 5.75. The van der Waals surface area contributed by atoms with Crippen LogP contribution in [-0.4, -0.2) is 55.6 Å². The maximum atomic E-state index is 11.8. The van der Waals surface area contributed by atoms with E-state index in [1.54, 1.807) is 6.92 Å². The van der Waals surface area contributed by atoms with Gasteiger partial charge in [0.1, 0.15) is 11.7 Å². The third-order valence-corrected chi connectivity index (χ3v) is 3.20.